The molecule has 0 spiro atoms. The molecular weight excluding hydrogens is 520 g/mol. The fourth-order valence-corrected chi connectivity index (χ4v) is 5.83. The number of unbranched alkanes of at least 4 members (excludes halogenated alkanes) is 10. The van der Waals surface area contributed by atoms with E-state index in [0.29, 0.717) is 0 Å². The first kappa shape index (κ1) is 36.1. The predicted octanol–water partition coefficient (Wildman–Crippen LogP) is 7.48. The van der Waals surface area contributed by atoms with Gasteiger partial charge < -0.3 is 31.6 Å². The van der Waals surface area contributed by atoms with E-state index < -0.39 is 0 Å². The Kier molecular flexibility index (Phi) is 20.1. The lowest BCUT2D eigenvalue weighted by Crippen LogP contribution is -2.39. The summed E-state index contributed by atoms with van der Waals surface area (Å²) in [6.07, 6.45) is 19.7. The van der Waals surface area contributed by atoms with E-state index in [1.165, 1.54) is 88.2 Å². The summed E-state index contributed by atoms with van der Waals surface area (Å²) in [5.41, 5.74) is 15.2. The number of ether oxygens (including phenoxy) is 2. The van der Waals surface area contributed by atoms with Gasteiger partial charge in [-0.05, 0) is 70.3 Å². The van der Waals surface area contributed by atoms with Crippen LogP contribution in [0.25, 0.3) is 0 Å². The van der Waals surface area contributed by atoms with Crippen LogP contribution in [0.3, 0.4) is 0 Å². The van der Waals surface area contributed by atoms with Crippen LogP contribution in [0.5, 0.6) is 11.5 Å². The molecule has 0 bridgehead atoms. The van der Waals surface area contributed by atoms with Crippen LogP contribution in [0.1, 0.15) is 114 Å². The zero-order valence-electron chi connectivity index (χ0n) is 26.9. The fraction of sp³-hybridized carbons (Fsp3) is 0.667. The number of nitrogens with one attached hydrogen (secondary N) is 2. The molecule has 0 aliphatic rings. The van der Waals surface area contributed by atoms with Crippen molar-refractivity contribution in [3.63, 3.8) is 0 Å². The summed E-state index contributed by atoms with van der Waals surface area (Å²) >= 11 is 0. The van der Waals surface area contributed by atoms with E-state index in [2.05, 4.69) is 34.9 Å². The van der Waals surface area contributed by atoms with Crippen LogP contribution in [0.15, 0.2) is 48.5 Å². The van der Waals surface area contributed by atoms with Gasteiger partial charge in [-0.25, -0.2) is 0 Å². The lowest BCUT2D eigenvalue weighted by atomic mass is 9.82. The summed E-state index contributed by atoms with van der Waals surface area (Å²) in [5, 5.41) is 7.15. The molecule has 2 rings (SSSR count). The maximum atomic E-state index is 7.08. The van der Waals surface area contributed by atoms with E-state index >= 15 is 0 Å². The molecule has 6 N–H and O–H groups in total. The minimum atomic E-state index is -0.00189. The minimum Gasteiger partial charge on any atom is -0.496 e. The average Bonchev–Trinajstić information content (AvgIpc) is 3.02. The van der Waals surface area contributed by atoms with E-state index in [-0.39, 0.29) is 5.54 Å². The van der Waals surface area contributed by atoms with Crippen molar-refractivity contribution < 1.29 is 9.47 Å². The molecule has 42 heavy (non-hydrogen) atoms. The van der Waals surface area contributed by atoms with E-state index in [9.17, 15) is 0 Å². The number of benzene rings is 2. The molecule has 0 heterocycles. The smallest absolute Gasteiger partial charge is 0.123 e. The summed E-state index contributed by atoms with van der Waals surface area (Å²) in [5.74, 6) is 1.92. The molecule has 0 radical (unpaired) electrons. The van der Waals surface area contributed by atoms with Crippen LogP contribution in [0.4, 0.5) is 0 Å². The van der Waals surface area contributed by atoms with Crippen molar-refractivity contribution in [2.24, 2.45) is 11.5 Å². The third-order valence-corrected chi connectivity index (χ3v) is 8.45. The highest BCUT2D eigenvalue weighted by Crippen LogP contribution is 2.27. The van der Waals surface area contributed by atoms with Crippen LogP contribution in [-0.4, -0.2) is 39.4 Å². The van der Waals surface area contributed by atoms with Crippen molar-refractivity contribution in [3.05, 3.63) is 59.7 Å². The molecule has 0 fully saturated rings. The Balaban J connectivity index is 1.60. The molecular formula is C36H62N4O2. The number of para-hydroxylation sites is 2. The molecule has 0 aliphatic heterocycles. The number of methoxy groups -OCH3 is 2. The Morgan fingerprint density at radius 2 is 0.929 bits per heavy atom. The quantitative estimate of drug-likeness (QED) is 0.0816. The molecule has 2 aromatic carbocycles. The van der Waals surface area contributed by atoms with Crippen LogP contribution >= 0.6 is 0 Å². The second-order valence-electron chi connectivity index (χ2n) is 12.0. The van der Waals surface area contributed by atoms with Crippen molar-refractivity contribution in [1.82, 2.24) is 10.6 Å². The fourth-order valence-electron chi connectivity index (χ4n) is 5.83. The van der Waals surface area contributed by atoms with Gasteiger partial charge in [0.25, 0.3) is 0 Å². The van der Waals surface area contributed by atoms with E-state index in [1.807, 2.05) is 24.3 Å². The summed E-state index contributed by atoms with van der Waals surface area (Å²) in [7, 11) is 3.48. The normalized spacial score (nSPS) is 11.6. The molecule has 6 heteroatoms. The molecule has 0 saturated carbocycles. The average molecular weight is 583 g/mol. The highest BCUT2D eigenvalue weighted by molar-refractivity contribution is 5.33. The lowest BCUT2D eigenvalue weighted by Gasteiger charge is -2.30. The molecule has 0 amide bonds. The van der Waals surface area contributed by atoms with Gasteiger partial charge in [0, 0.05) is 29.8 Å². The van der Waals surface area contributed by atoms with Crippen LogP contribution in [0.2, 0.25) is 0 Å². The Labute approximate surface area is 257 Å². The summed E-state index contributed by atoms with van der Waals surface area (Å²) < 4.78 is 10.9. The van der Waals surface area contributed by atoms with Crippen molar-refractivity contribution in [1.29, 1.82) is 0 Å². The monoisotopic (exact) mass is 582 g/mol. The van der Waals surface area contributed by atoms with Gasteiger partial charge in [0.1, 0.15) is 11.5 Å². The van der Waals surface area contributed by atoms with Crippen molar-refractivity contribution in [2.45, 2.75) is 121 Å². The number of nitrogens with two attached hydrogens (primary N) is 2. The maximum absolute atomic E-state index is 7.08. The minimum absolute atomic E-state index is 0.00189. The van der Waals surface area contributed by atoms with E-state index in [1.54, 1.807) is 14.2 Å². The summed E-state index contributed by atoms with van der Waals surface area (Å²) in [4.78, 5) is 0. The number of hydrogen-bond donors (Lipinski definition) is 4. The zero-order valence-corrected chi connectivity index (χ0v) is 26.9. The second kappa shape index (κ2) is 23.3. The van der Waals surface area contributed by atoms with Gasteiger partial charge in [0.2, 0.25) is 0 Å². The highest BCUT2D eigenvalue weighted by atomic mass is 16.5. The third kappa shape index (κ3) is 15.9. The van der Waals surface area contributed by atoms with Crippen molar-refractivity contribution in [3.8, 4) is 11.5 Å². The van der Waals surface area contributed by atoms with Crippen LogP contribution in [0, 0.1) is 0 Å². The molecule has 0 atom stereocenters. The predicted molar refractivity (Wildman–Crippen MR) is 179 cm³/mol. The Morgan fingerprint density at radius 3 is 1.36 bits per heavy atom. The largest absolute Gasteiger partial charge is 0.496 e. The third-order valence-electron chi connectivity index (χ3n) is 8.45. The molecule has 0 aliphatic carbocycles. The summed E-state index contributed by atoms with van der Waals surface area (Å²) in [6, 6.07) is 16.5. The topological polar surface area (TPSA) is 94.6 Å². The molecule has 0 unspecified atom stereocenters. The SMILES string of the molecule is COc1ccccc1CNCCCCCCC(N)(CCCCCCCN)CCCCCCNCc1ccccc1OC. The molecule has 2 aromatic rings. The van der Waals surface area contributed by atoms with E-state index in [0.717, 1.165) is 69.9 Å². The maximum Gasteiger partial charge on any atom is 0.123 e. The molecule has 0 aromatic heterocycles. The van der Waals surface area contributed by atoms with Gasteiger partial charge in [0.05, 0.1) is 14.2 Å². The van der Waals surface area contributed by atoms with Gasteiger partial charge in [-0.15, -0.1) is 0 Å². The summed E-state index contributed by atoms with van der Waals surface area (Å²) in [6.45, 7) is 4.62. The lowest BCUT2D eigenvalue weighted by molar-refractivity contribution is 0.303. The van der Waals surface area contributed by atoms with Gasteiger partial charge in [0.15, 0.2) is 0 Å². The van der Waals surface area contributed by atoms with Crippen LogP contribution < -0.4 is 31.6 Å². The highest BCUT2D eigenvalue weighted by Gasteiger charge is 2.23. The van der Waals surface area contributed by atoms with Gasteiger partial charge in [-0.3, -0.25) is 0 Å². The first-order valence-electron chi connectivity index (χ1n) is 16.8. The molecule has 238 valence electrons. The first-order chi connectivity index (χ1) is 20.6. The first-order valence-corrected chi connectivity index (χ1v) is 16.8. The standard InChI is InChI=1S/C36H62N4O2/c1-41-34-22-12-10-20-32(34)30-39-28-18-8-5-15-25-36(38,24-14-4-3-7-17-27-37)26-16-6-9-19-29-40-31-33-21-11-13-23-35(33)42-2/h10-13,20-23,39-40H,3-9,14-19,24-31,37-38H2,1-2H3. The molecule has 0 saturated heterocycles. The molecule has 6 nitrogen and oxygen atoms in total. The van der Waals surface area contributed by atoms with Crippen molar-refractivity contribution >= 4 is 0 Å². The number of rotatable bonds is 27. The Hall–Kier alpha value is -2.12. The van der Waals surface area contributed by atoms with Gasteiger partial charge in [-0.1, -0.05) is 101 Å². The number of hydrogen-bond acceptors (Lipinski definition) is 6. The van der Waals surface area contributed by atoms with Crippen molar-refractivity contribution in [2.75, 3.05) is 33.9 Å². The van der Waals surface area contributed by atoms with Gasteiger partial charge >= 0.3 is 0 Å². The second-order valence-corrected chi connectivity index (χ2v) is 12.0. The zero-order chi connectivity index (χ0) is 30.1. The van der Waals surface area contributed by atoms with Crippen LogP contribution in [-0.2, 0) is 13.1 Å². The Morgan fingerprint density at radius 1 is 0.548 bits per heavy atom. The van der Waals surface area contributed by atoms with E-state index in [4.69, 9.17) is 20.9 Å². The Bertz CT molecular complexity index is 859. The van der Waals surface area contributed by atoms with Gasteiger partial charge in [-0.2, -0.15) is 0 Å².